The second kappa shape index (κ2) is 4.51. The Balaban J connectivity index is 2.29. The van der Waals surface area contributed by atoms with E-state index in [4.69, 9.17) is 5.73 Å². The van der Waals surface area contributed by atoms with E-state index in [1.54, 1.807) is 11.3 Å². The molecule has 0 saturated heterocycles. The minimum Gasteiger partial charge on any atom is -0.330 e. The van der Waals surface area contributed by atoms with Crippen LogP contribution in [0, 0.1) is 6.92 Å². The molecule has 2 N–H and O–H groups in total. The highest BCUT2D eigenvalue weighted by atomic mass is 32.1. The van der Waals surface area contributed by atoms with Gasteiger partial charge in [-0.05, 0) is 25.6 Å². The fourth-order valence-corrected chi connectivity index (χ4v) is 2.17. The van der Waals surface area contributed by atoms with Gasteiger partial charge in [-0.25, -0.2) is 4.98 Å². The smallest absolute Gasteiger partial charge is 0.142 e. The minimum absolute atomic E-state index is 0.643. The molecular weight excluding hydrogens is 206 g/mol. The second-order valence-corrected chi connectivity index (χ2v) is 4.20. The molecule has 3 nitrogen and oxygen atoms in total. The molecule has 0 fully saturated rings. The molecule has 2 aromatic heterocycles. The van der Waals surface area contributed by atoms with Crippen LogP contribution in [0.2, 0.25) is 0 Å². The summed E-state index contributed by atoms with van der Waals surface area (Å²) in [6, 6.07) is 5.97. The van der Waals surface area contributed by atoms with Crippen molar-refractivity contribution in [3.8, 4) is 10.7 Å². The van der Waals surface area contributed by atoms with E-state index in [-0.39, 0.29) is 0 Å². The zero-order valence-electron chi connectivity index (χ0n) is 8.60. The molecule has 15 heavy (non-hydrogen) atoms. The molecule has 0 saturated carbocycles. The van der Waals surface area contributed by atoms with E-state index in [0.29, 0.717) is 6.54 Å². The summed E-state index contributed by atoms with van der Waals surface area (Å²) < 4.78 is 0. The molecule has 0 aliphatic rings. The molecule has 2 rings (SSSR count). The van der Waals surface area contributed by atoms with Gasteiger partial charge in [-0.1, -0.05) is 6.07 Å². The Labute approximate surface area is 93.0 Å². The maximum absolute atomic E-state index is 5.48. The maximum atomic E-state index is 5.48. The Morgan fingerprint density at radius 3 is 2.93 bits per heavy atom. The monoisotopic (exact) mass is 219 g/mol. The molecule has 4 heteroatoms. The molecule has 2 heterocycles. The predicted molar refractivity (Wildman–Crippen MR) is 62.8 cm³/mol. The van der Waals surface area contributed by atoms with Gasteiger partial charge >= 0.3 is 0 Å². The summed E-state index contributed by atoms with van der Waals surface area (Å²) in [5.74, 6) is 0. The molecule has 0 aliphatic heterocycles. The van der Waals surface area contributed by atoms with E-state index < -0.39 is 0 Å². The summed E-state index contributed by atoms with van der Waals surface area (Å²) in [7, 11) is 0. The Morgan fingerprint density at radius 2 is 2.20 bits per heavy atom. The third-order valence-electron chi connectivity index (χ3n) is 2.06. The molecule has 2 aromatic rings. The summed E-state index contributed by atoms with van der Waals surface area (Å²) in [5.41, 5.74) is 8.50. The van der Waals surface area contributed by atoms with Crippen molar-refractivity contribution in [3.05, 3.63) is 35.0 Å². The number of thiazole rings is 1. The van der Waals surface area contributed by atoms with Crippen molar-refractivity contribution in [1.82, 2.24) is 9.97 Å². The van der Waals surface area contributed by atoms with Crippen molar-refractivity contribution in [2.24, 2.45) is 5.73 Å². The van der Waals surface area contributed by atoms with Crippen LogP contribution in [0.25, 0.3) is 10.7 Å². The van der Waals surface area contributed by atoms with E-state index in [1.165, 1.54) is 0 Å². The van der Waals surface area contributed by atoms with Crippen molar-refractivity contribution < 1.29 is 0 Å². The van der Waals surface area contributed by atoms with E-state index >= 15 is 0 Å². The molecule has 78 valence electrons. The summed E-state index contributed by atoms with van der Waals surface area (Å²) in [5, 5.41) is 3.02. The molecule has 0 aliphatic carbocycles. The molecule has 0 amide bonds. The van der Waals surface area contributed by atoms with Crippen LogP contribution in [-0.2, 0) is 6.42 Å². The van der Waals surface area contributed by atoms with Crippen LogP contribution in [0.3, 0.4) is 0 Å². The molecule has 0 aromatic carbocycles. The van der Waals surface area contributed by atoms with Crippen LogP contribution in [0.15, 0.2) is 23.6 Å². The Kier molecular flexibility index (Phi) is 3.08. The highest BCUT2D eigenvalue weighted by Gasteiger charge is 2.05. The van der Waals surface area contributed by atoms with Gasteiger partial charge in [0.2, 0.25) is 0 Å². The van der Waals surface area contributed by atoms with Crippen LogP contribution in [0.5, 0.6) is 0 Å². The summed E-state index contributed by atoms with van der Waals surface area (Å²) in [4.78, 5) is 8.92. The normalized spacial score (nSPS) is 10.5. The van der Waals surface area contributed by atoms with Gasteiger partial charge in [-0.15, -0.1) is 11.3 Å². The minimum atomic E-state index is 0.643. The molecule has 0 radical (unpaired) electrons. The second-order valence-electron chi connectivity index (χ2n) is 3.35. The first-order valence-corrected chi connectivity index (χ1v) is 5.76. The summed E-state index contributed by atoms with van der Waals surface area (Å²) in [6.45, 7) is 2.63. The number of nitrogens with two attached hydrogens (primary N) is 1. The fourth-order valence-electron chi connectivity index (χ4n) is 1.35. The van der Waals surface area contributed by atoms with Crippen molar-refractivity contribution in [2.75, 3.05) is 6.54 Å². The number of pyridine rings is 1. The average Bonchev–Trinajstić information content (AvgIpc) is 2.67. The quantitative estimate of drug-likeness (QED) is 0.859. The first-order chi connectivity index (χ1) is 7.29. The van der Waals surface area contributed by atoms with Gasteiger partial charge in [0.15, 0.2) is 0 Å². The topological polar surface area (TPSA) is 51.8 Å². The van der Waals surface area contributed by atoms with Crippen LogP contribution >= 0.6 is 11.3 Å². The lowest BCUT2D eigenvalue weighted by Gasteiger charge is -1.96. The number of rotatable bonds is 3. The highest BCUT2D eigenvalue weighted by Crippen LogP contribution is 2.21. The van der Waals surface area contributed by atoms with Gasteiger partial charge < -0.3 is 5.73 Å². The first-order valence-electron chi connectivity index (χ1n) is 4.88. The Morgan fingerprint density at radius 1 is 1.33 bits per heavy atom. The lowest BCUT2D eigenvalue weighted by molar-refractivity contribution is 0.935. The molecule has 0 unspecified atom stereocenters. The molecule has 0 spiro atoms. The Hall–Kier alpha value is -1.26. The van der Waals surface area contributed by atoms with Gasteiger partial charge in [0.05, 0.1) is 11.4 Å². The fraction of sp³-hybridized carbons (Fsp3) is 0.273. The largest absolute Gasteiger partial charge is 0.330 e. The number of nitrogens with zero attached hydrogens (tertiary/aromatic N) is 2. The van der Waals surface area contributed by atoms with Crippen molar-refractivity contribution in [1.29, 1.82) is 0 Å². The lowest BCUT2D eigenvalue weighted by Crippen LogP contribution is -2.02. The molecule has 0 bridgehead atoms. The van der Waals surface area contributed by atoms with E-state index in [2.05, 4.69) is 9.97 Å². The SMILES string of the molecule is Cc1cccc(-c2nc(CCN)cs2)n1. The van der Waals surface area contributed by atoms with E-state index in [9.17, 15) is 0 Å². The van der Waals surface area contributed by atoms with Gasteiger partial charge in [0, 0.05) is 17.5 Å². The van der Waals surface area contributed by atoms with Gasteiger partial charge in [-0.2, -0.15) is 0 Å². The van der Waals surface area contributed by atoms with Gasteiger partial charge in [0.25, 0.3) is 0 Å². The zero-order chi connectivity index (χ0) is 10.7. The summed E-state index contributed by atoms with van der Waals surface area (Å²) in [6.07, 6.45) is 0.836. The number of hydrogen-bond donors (Lipinski definition) is 1. The zero-order valence-corrected chi connectivity index (χ0v) is 9.42. The van der Waals surface area contributed by atoms with E-state index in [0.717, 1.165) is 28.5 Å². The first kappa shape index (κ1) is 10.3. The third-order valence-corrected chi connectivity index (χ3v) is 2.97. The van der Waals surface area contributed by atoms with Crippen LogP contribution in [-0.4, -0.2) is 16.5 Å². The summed E-state index contributed by atoms with van der Waals surface area (Å²) >= 11 is 1.62. The lowest BCUT2D eigenvalue weighted by atomic mass is 10.3. The Bertz CT molecular complexity index is 451. The maximum Gasteiger partial charge on any atom is 0.142 e. The van der Waals surface area contributed by atoms with Crippen molar-refractivity contribution in [3.63, 3.8) is 0 Å². The number of aromatic nitrogens is 2. The van der Waals surface area contributed by atoms with Crippen LogP contribution in [0.1, 0.15) is 11.4 Å². The van der Waals surface area contributed by atoms with Gasteiger partial charge in [0.1, 0.15) is 5.01 Å². The van der Waals surface area contributed by atoms with Crippen molar-refractivity contribution >= 4 is 11.3 Å². The standard InChI is InChI=1S/C11H13N3S/c1-8-3-2-4-10(13-8)11-14-9(5-6-12)7-15-11/h2-4,7H,5-6,12H2,1H3. The number of aryl methyl sites for hydroxylation is 1. The number of hydrogen-bond acceptors (Lipinski definition) is 4. The molecular formula is C11H13N3S. The van der Waals surface area contributed by atoms with Gasteiger partial charge in [-0.3, -0.25) is 4.98 Å². The van der Waals surface area contributed by atoms with E-state index in [1.807, 2.05) is 30.5 Å². The third kappa shape index (κ3) is 2.40. The predicted octanol–water partition coefficient (Wildman–Crippen LogP) is 2.01. The van der Waals surface area contributed by atoms with Crippen LogP contribution in [0.4, 0.5) is 0 Å². The average molecular weight is 219 g/mol. The van der Waals surface area contributed by atoms with Crippen molar-refractivity contribution in [2.45, 2.75) is 13.3 Å². The molecule has 0 atom stereocenters. The highest BCUT2D eigenvalue weighted by molar-refractivity contribution is 7.13. The van der Waals surface area contributed by atoms with Crippen LogP contribution < -0.4 is 5.73 Å².